The van der Waals surface area contributed by atoms with Gasteiger partial charge in [-0.05, 0) is 24.3 Å². The van der Waals surface area contributed by atoms with Gasteiger partial charge in [0.05, 0.1) is 30.5 Å². The second-order valence-corrected chi connectivity index (χ2v) is 7.46. The number of Topliss-reactive ketones (excluding diaryl/α,β-unsaturated/α-hetero) is 1. The number of methoxy groups -OCH3 is 1. The number of halogens is 1. The van der Waals surface area contributed by atoms with E-state index < -0.39 is 23.5 Å². The third-order valence-corrected chi connectivity index (χ3v) is 5.60. The number of fused-ring (bicyclic) bond motifs is 1. The van der Waals surface area contributed by atoms with Gasteiger partial charge in [-0.3, -0.25) is 9.59 Å². The normalized spacial score (nSPS) is 20.0. The SMILES string of the molecule is COCCN1C(=O)C(=O)/C(=C(/O)c2ccc3c(c2)N(C)CCO3)C1c1ccccc1F. The van der Waals surface area contributed by atoms with Crippen LogP contribution in [-0.2, 0) is 14.3 Å². The van der Waals surface area contributed by atoms with Gasteiger partial charge in [-0.2, -0.15) is 0 Å². The monoisotopic (exact) mass is 426 g/mol. The van der Waals surface area contributed by atoms with Gasteiger partial charge in [0.1, 0.15) is 23.9 Å². The number of carbonyl (C=O) groups is 2. The predicted molar refractivity (Wildman–Crippen MR) is 112 cm³/mol. The molecule has 1 saturated heterocycles. The largest absolute Gasteiger partial charge is 0.507 e. The van der Waals surface area contributed by atoms with Crippen molar-refractivity contribution in [2.75, 3.05) is 45.4 Å². The zero-order valence-electron chi connectivity index (χ0n) is 17.3. The van der Waals surface area contributed by atoms with Gasteiger partial charge < -0.3 is 24.4 Å². The van der Waals surface area contributed by atoms with Crippen LogP contribution >= 0.6 is 0 Å². The number of carbonyl (C=O) groups excluding carboxylic acids is 2. The third kappa shape index (κ3) is 3.63. The van der Waals surface area contributed by atoms with Gasteiger partial charge in [-0.1, -0.05) is 18.2 Å². The molecule has 7 nitrogen and oxygen atoms in total. The van der Waals surface area contributed by atoms with Gasteiger partial charge in [0.25, 0.3) is 11.7 Å². The molecule has 31 heavy (non-hydrogen) atoms. The van der Waals surface area contributed by atoms with Crippen LogP contribution in [0.2, 0.25) is 0 Å². The van der Waals surface area contributed by atoms with Crippen molar-refractivity contribution in [3.8, 4) is 5.75 Å². The highest BCUT2D eigenvalue weighted by atomic mass is 19.1. The van der Waals surface area contributed by atoms with E-state index in [0.717, 1.165) is 5.69 Å². The number of aliphatic hydroxyl groups excluding tert-OH is 1. The Balaban J connectivity index is 1.86. The lowest BCUT2D eigenvalue weighted by molar-refractivity contribution is -0.140. The summed E-state index contributed by atoms with van der Waals surface area (Å²) in [6.45, 7) is 1.47. The Labute approximate surface area is 179 Å². The maximum Gasteiger partial charge on any atom is 0.295 e. The number of hydrogen-bond acceptors (Lipinski definition) is 6. The van der Waals surface area contributed by atoms with Crippen molar-refractivity contribution in [2.24, 2.45) is 0 Å². The Morgan fingerprint density at radius 1 is 1.26 bits per heavy atom. The quantitative estimate of drug-likeness (QED) is 0.450. The van der Waals surface area contributed by atoms with Crippen LogP contribution in [0.4, 0.5) is 10.1 Å². The van der Waals surface area contributed by atoms with E-state index in [1.165, 1.54) is 30.2 Å². The molecule has 4 rings (SSSR count). The van der Waals surface area contributed by atoms with E-state index in [-0.39, 0.29) is 30.0 Å². The minimum atomic E-state index is -1.05. The smallest absolute Gasteiger partial charge is 0.295 e. The maximum absolute atomic E-state index is 14.7. The molecular formula is C23H23FN2O5. The zero-order valence-corrected chi connectivity index (χ0v) is 17.3. The van der Waals surface area contributed by atoms with Crippen LogP contribution in [0.25, 0.3) is 5.76 Å². The second-order valence-electron chi connectivity index (χ2n) is 7.46. The number of aliphatic hydroxyl groups is 1. The van der Waals surface area contributed by atoms with Crippen molar-refractivity contribution in [1.82, 2.24) is 4.90 Å². The van der Waals surface area contributed by atoms with Crippen molar-refractivity contribution in [2.45, 2.75) is 6.04 Å². The Morgan fingerprint density at radius 3 is 2.77 bits per heavy atom. The van der Waals surface area contributed by atoms with E-state index in [4.69, 9.17) is 9.47 Å². The summed E-state index contributed by atoms with van der Waals surface area (Å²) in [5.74, 6) is -1.92. The number of amides is 1. The molecule has 1 atom stereocenters. The molecule has 2 aliphatic heterocycles. The van der Waals surface area contributed by atoms with Crippen molar-refractivity contribution < 1.29 is 28.6 Å². The molecule has 1 unspecified atom stereocenters. The number of likely N-dealkylation sites (N-methyl/N-ethyl adjacent to an activating group) is 1. The number of hydrogen-bond donors (Lipinski definition) is 1. The first-order valence-electron chi connectivity index (χ1n) is 9.94. The first-order valence-corrected chi connectivity index (χ1v) is 9.94. The van der Waals surface area contributed by atoms with E-state index >= 15 is 0 Å². The molecule has 2 aromatic rings. The molecule has 2 heterocycles. The van der Waals surface area contributed by atoms with Gasteiger partial charge in [-0.25, -0.2) is 4.39 Å². The fraction of sp³-hybridized carbons (Fsp3) is 0.304. The molecule has 0 radical (unpaired) electrons. The lowest BCUT2D eigenvalue weighted by atomic mass is 9.94. The lowest BCUT2D eigenvalue weighted by Crippen LogP contribution is -2.33. The molecule has 0 bridgehead atoms. The standard InChI is InChI=1S/C23H23FN2O5/c1-25-9-12-31-18-8-7-14(13-17(18)25)21(27)19-20(15-5-3-4-6-16(15)24)26(10-11-30-2)23(29)22(19)28/h3-8,13,20,27H,9-12H2,1-2H3/b21-19+. The van der Waals surface area contributed by atoms with Crippen LogP contribution in [-0.4, -0.2) is 62.2 Å². The minimum absolute atomic E-state index is 0.0810. The first kappa shape index (κ1) is 20.9. The third-order valence-electron chi connectivity index (χ3n) is 5.60. The summed E-state index contributed by atoms with van der Waals surface area (Å²) >= 11 is 0. The summed E-state index contributed by atoms with van der Waals surface area (Å²) in [4.78, 5) is 28.9. The Morgan fingerprint density at radius 2 is 2.03 bits per heavy atom. The molecule has 1 amide bonds. The van der Waals surface area contributed by atoms with E-state index in [1.54, 1.807) is 24.3 Å². The number of rotatable bonds is 5. The highest BCUT2D eigenvalue weighted by Gasteiger charge is 2.46. The van der Waals surface area contributed by atoms with Gasteiger partial charge in [0, 0.05) is 31.8 Å². The van der Waals surface area contributed by atoms with E-state index in [2.05, 4.69) is 0 Å². The highest BCUT2D eigenvalue weighted by molar-refractivity contribution is 6.46. The Kier molecular flexibility index (Phi) is 5.65. The van der Waals surface area contributed by atoms with Gasteiger partial charge in [0.15, 0.2) is 0 Å². The molecule has 8 heteroatoms. The van der Waals surface area contributed by atoms with Crippen LogP contribution < -0.4 is 9.64 Å². The van der Waals surface area contributed by atoms with E-state index in [9.17, 15) is 19.1 Å². The van der Waals surface area contributed by atoms with Gasteiger partial charge >= 0.3 is 0 Å². The number of ketones is 1. The first-order chi connectivity index (χ1) is 14.9. The summed E-state index contributed by atoms with van der Waals surface area (Å²) in [6, 6.07) is 9.89. The van der Waals surface area contributed by atoms with Crippen molar-refractivity contribution in [1.29, 1.82) is 0 Å². The maximum atomic E-state index is 14.7. The number of anilines is 1. The average Bonchev–Trinajstić information content (AvgIpc) is 3.02. The topological polar surface area (TPSA) is 79.3 Å². The van der Waals surface area contributed by atoms with Crippen molar-refractivity contribution in [3.63, 3.8) is 0 Å². The van der Waals surface area contributed by atoms with Crippen LogP contribution in [0.5, 0.6) is 5.75 Å². The summed E-state index contributed by atoms with van der Waals surface area (Å²) in [7, 11) is 3.37. The second kappa shape index (κ2) is 8.39. The van der Waals surface area contributed by atoms with Crippen molar-refractivity contribution in [3.05, 3.63) is 65.0 Å². The van der Waals surface area contributed by atoms with E-state index in [0.29, 0.717) is 24.5 Å². The number of likely N-dealkylation sites (tertiary alicyclic amines) is 1. The van der Waals surface area contributed by atoms with Gasteiger partial charge in [0.2, 0.25) is 0 Å². The van der Waals surface area contributed by atoms with Crippen LogP contribution in [0.15, 0.2) is 48.0 Å². The molecule has 1 N–H and O–H groups in total. The Hall–Kier alpha value is -3.39. The minimum Gasteiger partial charge on any atom is -0.507 e. The fourth-order valence-corrected chi connectivity index (χ4v) is 3.97. The van der Waals surface area contributed by atoms with Gasteiger partial charge in [-0.15, -0.1) is 0 Å². The fourth-order valence-electron chi connectivity index (χ4n) is 3.97. The highest BCUT2D eigenvalue weighted by Crippen LogP contribution is 2.41. The summed E-state index contributed by atoms with van der Waals surface area (Å²) in [5.41, 5.74) is 1.09. The summed E-state index contributed by atoms with van der Waals surface area (Å²) < 4.78 is 25.4. The van der Waals surface area contributed by atoms with Crippen LogP contribution in [0.3, 0.4) is 0 Å². The molecule has 0 aromatic heterocycles. The summed E-state index contributed by atoms with van der Waals surface area (Å²) in [5, 5.41) is 11.1. The molecule has 1 fully saturated rings. The number of benzene rings is 2. The molecule has 0 saturated carbocycles. The zero-order chi connectivity index (χ0) is 22.1. The van der Waals surface area contributed by atoms with E-state index in [1.807, 2.05) is 11.9 Å². The number of ether oxygens (including phenoxy) is 2. The van der Waals surface area contributed by atoms with Crippen LogP contribution in [0.1, 0.15) is 17.2 Å². The molecular weight excluding hydrogens is 403 g/mol. The molecule has 0 aliphatic carbocycles. The average molecular weight is 426 g/mol. The molecule has 2 aromatic carbocycles. The lowest BCUT2D eigenvalue weighted by Gasteiger charge is -2.28. The Bertz CT molecular complexity index is 1070. The molecule has 162 valence electrons. The van der Waals surface area contributed by atoms with Crippen molar-refractivity contribution >= 4 is 23.1 Å². The number of nitrogens with zero attached hydrogens (tertiary/aromatic N) is 2. The molecule has 0 spiro atoms. The predicted octanol–water partition coefficient (Wildman–Crippen LogP) is 2.72. The molecule has 2 aliphatic rings. The van der Waals surface area contributed by atoms with Crippen LogP contribution in [0, 0.1) is 5.82 Å². The summed E-state index contributed by atoms with van der Waals surface area (Å²) in [6.07, 6.45) is 0.